The van der Waals surface area contributed by atoms with Crippen LogP contribution in [0.2, 0.25) is 0 Å². The molecule has 0 aromatic heterocycles. The topological polar surface area (TPSA) is 78.4 Å². The molecule has 3 N–H and O–H groups in total. The Bertz CT molecular complexity index is 437. The van der Waals surface area contributed by atoms with E-state index in [-0.39, 0.29) is 11.7 Å². The molecule has 0 saturated carbocycles. The number of hydrogen-bond donors (Lipinski definition) is 3. The number of carbonyl (C=O) groups is 2. The molecule has 0 spiro atoms. The van der Waals surface area contributed by atoms with Gasteiger partial charge in [-0.2, -0.15) is 0 Å². The van der Waals surface area contributed by atoms with Crippen molar-refractivity contribution in [3.63, 3.8) is 0 Å². The van der Waals surface area contributed by atoms with Gasteiger partial charge in [-0.1, -0.05) is 6.07 Å². The second kappa shape index (κ2) is 6.90. The third-order valence-electron chi connectivity index (χ3n) is 2.07. The number of thioether (sulfide) groups is 1. The van der Waals surface area contributed by atoms with Crippen LogP contribution in [0, 0.1) is 0 Å². The molecular formula is C12H16N2O3S. The highest BCUT2D eigenvalue weighted by Gasteiger charge is 2.16. The monoisotopic (exact) mass is 268 g/mol. The van der Waals surface area contributed by atoms with Crippen molar-refractivity contribution in [2.45, 2.75) is 24.0 Å². The maximum Gasteiger partial charge on any atom is 0.321 e. The lowest BCUT2D eigenvalue weighted by atomic mass is 10.3. The lowest BCUT2D eigenvalue weighted by molar-refractivity contribution is -0.119. The van der Waals surface area contributed by atoms with Crippen LogP contribution < -0.4 is 10.6 Å². The molecule has 98 valence electrons. The van der Waals surface area contributed by atoms with E-state index in [0.717, 1.165) is 4.90 Å². The maximum absolute atomic E-state index is 11.7. The molecule has 0 radical (unpaired) electrons. The van der Waals surface area contributed by atoms with Crippen molar-refractivity contribution in [2.24, 2.45) is 0 Å². The number of carbonyl (C=O) groups excluding carboxylic acids is 2. The third kappa shape index (κ3) is 4.67. The van der Waals surface area contributed by atoms with Crippen LogP contribution >= 0.6 is 11.8 Å². The largest absolute Gasteiger partial charge is 0.508 e. The predicted octanol–water partition coefficient (Wildman–Crippen LogP) is 1.72. The molecule has 3 amide bonds. The molecule has 1 rings (SSSR count). The quantitative estimate of drug-likeness (QED) is 0.726. The summed E-state index contributed by atoms with van der Waals surface area (Å²) in [5.74, 6) is -0.217. The number of nitrogens with one attached hydrogen (secondary N) is 2. The number of hydrogen-bond acceptors (Lipinski definition) is 4. The summed E-state index contributed by atoms with van der Waals surface area (Å²) in [6, 6.07) is 6.13. The Hall–Kier alpha value is -1.69. The Morgan fingerprint density at radius 3 is 2.78 bits per heavy atom. The highest BCUT2D eigenvalue weighted by atomic mass is 32.2. The molecule has 5 nitrogen and oxygen atoms in total. The van der Waals surface area contributed by atoms with Gasteiger partial charge in [-0.15, -0.1) is 11.8 Å². The summed E-state index contributed by atoms with van der Waals surface area (Å²) in [5.41, 5.74) is 0. The van der Waals surface area contributed by atoms with Gasteiger partial charge < -0.3 is 10.4 Å². The third-order valence-corrected chi connectivity index (χ3v) is 3.17. The number of phenols is 1. The second-order valence-corrected chi connectivity index (χ2v) is 5.02. The summed E-state index contributed by atoms with van der Waals surface area (Å²) in [7, 11) is 0. The Morgan fingerprint density at radius 2 is 2.17 bits per heavy atom. The zero-order valence-corrected chi connectivity index (χ0v) is 11.1. The van der Waals surface area contributed by atoms with Crippen molar-refractivity contribution in [3.05, 3.63) is 24.3 Å². The number of urea groups is 1. The van der Waals surface area contributed by atoms with Gasteiger partial charge in [0, 0.05) is 11.4 Å². The summed E-state index contributed by atoms with van der Waals surface area (Å²) in [5, 5.41) is 13.6. The van der Waals surface area contributed by atoms with Crippen LogP contribution in [0.15, 0.2) is 29.2 Å². The van der Waals surface area contributed by atoms with E-state index in [9.17, 15) is 14.7 Å². The zero-order chi connectivity index (χ0) is 13.5. The summed E-state index contributed by atoms with van der Waals surface area (Å²) in [4.78, 5) is 23.6. The molecule has 1 unspecified atom stereocenters. The Balaban J connectivity index is 2.52. The fraction of sp³-hybridized carbons (Fsp3) is 0.333. The summed E-state index contributed by atoms with van der Waals surface area (Å²) in [6.45, 7) is 3.94. The SMILES string of the molecule is CCNC(=O)NC(=O)C(C)Sc1cccc(O)c1. The molecular weight excluding hydrogens is 252 g/mol. The van der Waals surface area contributed by atoms with Crippen molar-refractivity contribution in [3.8, 4) is 5.75 Å². The molecule has 0 fully saturated rings. The Kier molecular flexibility index (Phi) is 5.51. The van der Waals surface area contributed by atoms with E-state index in [0.29, 0.717) is 6.54 Å². The van der Waals surface area contributed by atoms with Crippen molar-refractivity contribution in [1.82, 2.24) is 10.6 Å². The van der Waals surface area contributed by atoms with Gasteiger partial charge in [0.1, 0.15) is 5.75 Å². The number of phenolic OH excluding ortho intramolecular Hbond substituents is 1. The Labute approximate surface area is 110 Å². The molecule has 0 saturated heterocycles. The van der Waals surface area contributed by atoms with Crippen molar-refractivity contribution >= 4 is 23.7 Å². The van der Waals surface area contributed by atoms with Crippen LogP contribution in [0.3, 0.4) is 0 Å². The molecule has 6 heteroatoms. The fourth-order valence-electron chi connectivity index (χ4n) is 1.23. The second-order valence-electron chi connectivity index (χ2n) is 3.61. The Morgan fingerprint density at radius 1 is 1.44 bits per heavy atom. The average molecular weight is 268 g/mol. The van der Waals surface area contributed by atoms with Crippen molar-refractivity contribution in [1.29, 1.82) is 0 Å². The van der Waals surface area contributed by atoms with E-state index in [1.54, 1.807) is 38.1 Å². The number of imide groups is 1. The maximum atomic E-state index is 11.7. The van der Waals surface area contributed by atoms with Gasteiger partial charge in [0.25, 0.3) is 0 Å². The number of benzene rings is 1. The van der Waals surface area contributed by atoms with Gasteiger partial charge in [-0.05, 0) is 32.0 Å². The van der Waals surface area contributed by atoms with Crippen LogP contribution in [0.4, 0.5) is 4.79 Å². The van der Waals surface area contributed by atoms with E-state index in [1.165, 1.54) is 11.8 Å². The first-order valence-corrected chi connectivity index (χ1v) is 6.45. The predicted molar refractivity (Wildman–Crippen MR) is 70.6 cm³/mol. The van der Waals surface area contributed by atoms with E-state index in [4.69, 9.17) is 0 Å². The molecule has 0 bridgehead atoms. The number of amides is 3. The van der Waals surface area contributed by atoms with Gasteiger partial charge in [-0.3, -0.25) is 10.1 Å². The summed E-state index contributed by atoms with van der Waals surface area (Å²) >= 11 is 1.27. The van der Waals surface area contributed by atoms with Crippen LogP contribution in [-0.4, -0.2) is 28.8 Å². The minimum atomic E-state index is -0.495. The number of rotatable bonds is 4. The average Bonchev–Trinajstić information content (AvgIpc) is 2.29. The van der Waals surface area contributed by atoms with Crippen molar-refractivity contribution in [2.75, 3.05) is 6.54 Å². The first-order valence-electron chi connectivity index (χ1n) is 5.57. The molecule has 0 aliphatic carbocycles. The molecule has 1 aromatic carbocycles. The molecule has 18 heavy (non-hydrogen) atoms. The van der Waals surface area contributed by atoms with Crippen LogP contribution in [-0.2, 0) is 4.79 Å². The van der Waals surface area contributed by atoms with Crippen LogP contribution in [0.5, 0.6) is 5.75 Å². The van der Waals surface area contributed by atoms with Crippen LogP contribution in [0.25, 0.3) is 0 Å². The smallest absolute Gasteiger partial charge is 0.321 e. The van der Waals surface area contributed by atoms with Gasteiger partial charge in [0.05, 0.1) is 5.25 Å². The van der Waals surface area contributed by atoms with Gasteiger partial charge in [0.2, 0.25) is 5.91 Å². The van der Waals surface area contributed by atoms with E-state index >= 15 is 0 Å². The standard InChI is InChI=1S/C12H16N2O3S/c1-3-13-12(17)14-11(16)8(2)18-10-6-4-5-9(15)7-10/h4-8,15H,3H2,1-2H3,(H2,13,14,16,17). The molecule has 0 aliphatic rings. The van der Waals surface area contributed by atoms with Gasteiger partial charge in [-0.25, -0.2) is 4.79 Å². The summed E-state index contributed by atoms with van der Waals surface area (Å²) < 4.78 is 0. The zero-order valence-electron chi connectivity index (χ0n) is 10.3. The molecule has 0 heterocycles. The van der Waals surface area contributed by atoms with E-state index in [1.807, 2.05) is 0 Å². The van der Waals surface area contributed by atoms with E-state index in [2.05, 4.69) is 10.6 Å². The molecule has 1 atom stereocenters. The minimum absolute atomic E-state index is 0.149. The van der Waals surface area contributed by atoms with Crippen LogP contribution in [0.1, 0.15) is 13.8 Å². The fourth-order valence-corrected chi connectivity index (χ4v) is 2.15. The molecule has 1 aromatic rings. The summed E-state index contributed by atoms with van der Waals surface area (Å²) in [6.07, 6.45) is 0. The minimum Gasteiger partial charge on any atom is -0.508 e. The highest BCUT2D eigenvalue weighted by Crippen LogP contribution is 2.25. The highest BCUT2D eigenvalue weighted by molar-refractivity contribution is 8.00. The van der Waals surface area contributed by atoms with Gasteiger partial charge in [0.15, 0.2) is 0 Å². The normalized spacial score (nSPS) is 11.7. The van der Waals surface area contributed by atoms with E-state index < -0.39 is 11.3 Å². The first kappa shape index (κ1) is 14.4. The van der Waals surface area contributed by atoms with Gasteiger partial charge >= 0.3 is 6.03 Å². The van der Waals surface area contributed by atoms with Crippen molar-refractivity contribution < 1.29 is 14.7 Å². The molecule has 0 aliphatic heterocycles. The first-order chi connectivity index (χ1) is 8.52. The number of aromatic hydroxyl groups is 1. The lowest BCUT2D eigenvalue weighted by Gasteiger charge is -2.11. The lowest BCUT2D eigenvalue weighted by Crippen LogP contribution is -2.42.